The van der Waals surface area contributed by atoms with Crippen LogP contribution in [-0.2, 0) is 9.53 Å². The van der Waals surface area contributed by atoms with Crippen LogP contribution < -0.4 is 5.32 Å². The van der Waals surface area contributed by atoms with E-state index in [0.29, 0.717) is 34.1 Å². The quantitative estimate of drug-likeness (QED) is 0.171. The maximum Gasteiger partial charge on any atom is 0.308 e. The zero-order valence-corrected chi connectivity index (χ0v) is 24.9. The molecule has 0 fully saturated rings. The molecule has 0 aliphatic heterocycles. The fourth-order valence-electron chi connectivity index (χ4n) is 5.00. The Hall–Kier alpha value is -3.65. The standard InChI is InChI=1S/C33H33BrF2N2O3/c1-4-8-29(36)41-30(39)16-12-23(26-18-25(35)14-11-20(26)2)19-37-33(40)31-21(3)32(22-9-6-5-7-10-22)38-28-15-13-24(34)17-27(28)31/h5-7,9-11,13-15,17-18,23,29H,4,8,12,16,19H2,1-3H3,(H,37,40). The summed E-state index contributed by atoms with van der Waals surface area (Å²) in [6.07, 6.45) is -0.781. The number of ether oxygens (including phenoxy) is 1. The highest BCUT2D eigenvalue weighted by atomic mass is 79.9. The van der Waals surface area contributed by atoms with E-state index in [4.69, 9.17) is 9.72 Å². The third-order valence-electron chi connectivity index (χ3n) is 7.13. The minimum Gasteiger partial charge on any atom is -0.431 e. The highest BCUT2D eigenvalue weighted by Crippen LogP contribution is 2.32. The molecule has 2 atom stereocenters. The van der Waals surface area contributed by atoms with Gasteiger partial charge in [0, 0.05) is 40.7 Å². The minimum atomic E-state index is -1.65. The van der Waals surface area contributed by atoms with Crippen molar-refractivity contribution in [3.63, 3.8) is 0 Å². The van der Waals surface area contributed by atoms with Gasteiger partial charge in [-0.2, -0.15) is 0 Å². The van der Waals surface area contributed by atoms with Gasteiger partial charge in [-0.25, -0.2) is 13.8 Å². The Balaban J connectivity index is 1.64. The summed E-state index contributed by atoms with van der Waals surface area (Å²) in [7, 11) is 0. The number of halogens is 3. The molecule has 0 bridgehead atoms. The van der Waals surface area contributed by atoms with Gasteiger partial charge in [-0.1, -0.05) is 59.3 Å². The Morgan fingerprint density at radius 3 is 2.51 bits per heavy atom. The number of amides is 1. The van der Waals surface area contributed by atoms with Gasteiger partial charge in [0.2, 0.25) is 6.36 Å². The van der Waals surface area contributed by atoms with Crippen molar-refractivity contribution in [3.8, 4) is 11.3 Å². The smallest absolute Gasteiger partial charge is 0.308 e. The van der Waals surface area contributed by atoms with E-state index in [2.05, 4.69) is 21.2 Å². The number of hydrogen-bond donors (Lipinski definition) is 1. The molecule has 4 rings (SSSR count). The number of esters is 1. The van der Waals surface area contributed by atoms with Crippen molar-refractivity contribution < 1.29 is 23.1 Å². The predicted molar refractivity (Wildman–Crippen MR) is 161 cm³/mol. The van der Waals surface area contributed by atoms with Crippen molar-refractivity contribution in [2.45, 2.75) is 58.7 Å². The molecule has 5 nitrogen and oxygen atoms in total. The maximum atomic E-state index is 14.3. The highest BCUT2D eigenvalue weighted by molar-refractivity contribution is 9.10. The van der Waals surface area contributed by atoms with Gasteiger partial charge in [0.25, 0.3) is 5.91 Å². The molecule has 0 radical (unpaired) electrons. The van der Waals surface area contributed by atoms with Crippen LogP contribution in [-0.4, -0.2) is 29.8 Å². The van der Waals surface area contributed by atoms with Crippen LogP contribution in [0.5, 0.6) is 0 Å². The molecule has 0 saturated heterocycles. The Bertz CT molecular complexity index is 1550. The monoisotopic (exact) mass is 622 g/mol. The Labute approximate surface area is 247 Å². The number of pyridine rings is 1. The molecule has 8 heteroatoms. The number of benzene rings is 3. The van der Waals surface area contributed by atoms with Crippen LogP contribution >= 0.6 is 15.9 Å². The first-order valence-corrected chi connectivity index (χ1v) is 14.5. The number of nitrogens with zero attached hydrogens (tertiary/aromatic N) is 1. The van der Waals surface area contributed by atoms with Gasteiger partial charge in [-0.15, -0.1) is 0 Å². The SMILES string of the molecule is CCCC(F)OC(=O)CCC(CNC(=O)c1c(C)c(-c2ccccc2)nc2ccc(Br)cc12)c1cc(F)ccc1C. The summed E-state index contributed by atoms with van der Waals surface area (Å²) >= 11 is 3.51. The number of rotatable bonds is 11. The van der Waals surface area contributed by atoms with Gasteiger partial charge in [0.1, 0.15) is 5.82 Å². The maximum absolute atomic E-state index is 14.3. The average molecular weight is 624 g/mol. The van der Waals surface area contributed by atoms with Crippen molar-refractivity contribution in [1.29, 1.82) is 0 Å². The van der Waals surface area contributed by atoms with Crippen LogP contribution in [0.1, 0.15) is 65.6 Å². The van der Waals surface area contributed by atoms with E-state index in [1.165, 1.54) is 12.1 Å². The topological polar surface area (TPSA) is 68.3 Å². The number of carbonyl (C=O) groups is 2. The van der Waals surface area contributed by atoms with Gasteiger partial charge in [-0.05, 0) is 73.7 Å². The second kappa shape index (κ2) is 13.8. The number of aryl methyl sites for hydroxylation is 1. The van der Waals surface area contributed by atoms with E-state index in [9.17, 15) is 18.4 Å². The van der Waals surface area contributed by atoms with E-state index in [0.717, 1.165) is 21.2 Å². The van der Waals surface area contributed by atoms with Crippen LogP contribution in [0.4, 0.5) is 8.78 Å². The van der Waals surface area contributed by atoms with E-state index in [1.807, 2.05) is 62.4 Å². The van der Waals surface area contributed by atoms with Crippen molar-refractivity contribution in [3.05, 3.63) is 99.3 Å². The van der Waals surface area contributed by atoms with Gasteiger partial charge in [0.05, 0.1) is 16.8 Å². The van der Waals surface area contributed by atoms with E-state index < -0.39 is 24.1 Å². The average Bonchev–Trinajstić information content (AvgIpc) is 2.94. The van der Waals surface area contributed by atoms with Gasteiger partial charge in [-0.3, -0.25) is 9.59 Å². The number of hydrogen-bond acceptors (Lipinski definition) is 4. The van der Waals surface area contributed by atoms with Crippen LogP contribution in [0.25, 0.3) is 22.2 Å². The van der Waals surface area contributed by atoms with Gasteiger partial charge in [0.15, 0.2) is 0 Å². The summed E-state index contributed by atoms with van der Waals surface area (Å²) < 4.78 is 33.8. The largest absolute Gasteiger partial charge is 0.431 e. The van der Waals surface area contributed by atoms with E-state index in [-0.39, 0.29) is 31.7 Å². The summed E-state index contributed by atoms with van der Waals surface area (Å²) in [5, 5.41) is 3.72. The lowest BCUT2D eigenvalue weighted by molar-refractivity contribution is -0.158. The molecule has 3 aromatic carbocycles. The second-order valence-corrected chi connectivity index (χ2v) is 11.0. The lowest BCUT2D eigenvalue weighted by Gasteiger charge is -2.21. The molecule has 214 valence electrons. The van der Waals surface area contributed by atoms with Crippen molar-refractivity contribution in [2.75, 3.05) is 6.54 Å². The highest BCUT2D eigenvalue weighted by Gasteiger charge is 2.23. The number of fused-ring (bicyclic) bond motifs is 1. The molecule has 0 saturated carbocycles. The fourth-order valence-corrected chi connectivity index (χ4v) is 5.36. The third kappa shape index (κ3) is 7.55. The van der Waals surface area contributed by atoms with Crippen LogP contribution in [0.2, 0.25) is 0 Å². The van der Waals surface area contributed by atoms with Crippen LogP contribution in [0, 0.1) is 19.7 Å². The fraction of sp³-hybridized carbons (Fsp3) is 0.303. The third-order valence-corrected chi connectivity index (χ3v) is 7.62. The molecule has 0 aliphatic carbocycles. The molecule has 1 aromatic heterocycles. The normalized spacial score (nSPS) is 12.6. The number of nitrogens with one attached hydrogen (secondary N) is 1. The van der Waals surface area contributed by atoms with Gasteiger partial charge < -0.3 is 10.1 Å². The summed E-state index contributed by atoms with van der Waals surface area (Å²) in [4.78, 5) is 31.0. The first-order valence-electron chi connectivity index (χ1n) is 13.7. The summed E-state index contributed by atoms with van der Waals surface area (Å²) in [6.45, 7) is 5.67. The second-order valence-electron chi connectivity index (χ2n) is 10.1. The summed E-state index contributed by atoms with van der Waals surface area (Å²) in [6, 6.07) is 19.7. The molecule has 1 N–H and O–H groups in total. The zero-order valence-electron chi connectivity index (χ0n) is 23.3. The summed E-state index contributed by atoms with van der Waals surface area (Å²) in [5.74, 6) is -1.78. The van der Waals surface area contributed by atoms with Crippen molar-refractivity contribution in [1.82, 2.24) is 10.3 Å². The Morgan fingerprint density at radius 2 is 1.78 bits per heavy atom. The molecule has 41 heavy (non-hydrogen) atoms. The number of carbonyl (C=O) groups excluding carboxylic acids is 2. The lowest BCUT2D eigenvalue weighted by Crippen LogP contribution is -2.30. The van der Waals surface area contributed by atoms with E-state index >= 15 is 0 Å². The lowest BCUT2D eigenvalue weighted by atomic mass is 9.90. The molecule has 4 aromatic rings. The molecular formula is C33H33BrF2N2O3. The Morgan fingerprint density at radius 1 is 1.02 bits per heavy atom. The molecule has 0 aliphatic rings. The van der Waals surface area contributed by atoms with E-state index in [1.54, 1.807) is 13.0 Å². The molecule has 0 spiro atoms. The first-order chi connectivity index (χ1) is 19.7. The predicted octanol–water partition coefficient (Wildman–Crippen LogP) is 8.35. The van der Waals surface area contributed by atoms with Crippen molar-refractivity contribution in [2.24, 2.45) is 0 Å². The van der Waals surface area contributed by atoms with Gasteiger partial charge >= 0.3 is 5.97 Å². The zero-order chi connectivity index (χ0) is 29.5. The molecule has 2 unspecified atom stereocenters. The van der Waals surface area contributed by atoms with Crippen molar-refractivity contribution >= 4 is 38.7 Å². The summed E-state index contributed by atoms with van der Waals surface area (Å²) in [5.41, 5.74) is 5.00. The number of aromatic nitrogens is 1. The molecular weight excluding hydrogens is 590 g/mol. The van der Waals surface area contributed by atoms with Crippen LogP contribution in [0.3, 0.4) is 0 Å². The molecule has 1 heterocycles. The first kappa shape index (κ1) is 30.3. The minimum absolute atomic E-state index is 0.0665. The Kier molecular flexibility index (Phi) is 10.2. The number of alkyl halides is 1. The molecule has 1 amide bonds. The van der Waals surface area contributed by atoms with Crippen LogP contribution in [0.15, 0.2) is 71.2 Å².